The number of carbonyl (C=O) groups excluding carboxylic acids is 6. The van der Waals surface area contributed by atoms with Crippen molar-refractivity contribution in [2.75, 3.05) is 72.8 Å². The molecule has 14 nitrogen and oxygen atoms in total. The Morgan fingerprint density at radius 3 is 1.92 bits per heavy atom. The second kappa shape index (κ2) is 35.6. The number of nitrogens with two attached hydrogens (primary N) is 2. The van der Waals surface area contributed by atoms with E-state index in [1.54, 1.807) is 7.05 Å². The number of hydrogen-bond donors (Lipinski definition) is 8. The fourth-order valence-corrected chi connectivity index (χ4v) is 8.86. The van der Waals surface area contributed by atoms with E-state index in [2.05, 4.69) is 31.9 Å². The molecule has 0 aliphatic rings. The second-order valence-electron chi connectivity index (χ2n) is 15.7. The van der Waals surface area contributed by atoms with Crippen LogP contribution < -0.4 is 64.6 Å². The van der Waals surface area contributed by atoms with Gasteiger partial charge in [0.25, 0.3) is 0 Å². The molecule has 0 aromatic heterocycles. The van der Waals surface area contributed by atoms with E-state index in [0.29, 0.717) is 47.8 Å². The Labute approximate surface area is 386 Å². The summed E-state index contributed by atoms with van der Waals surface area (Å²) < 4.78 is 29.5. The Morgan fingerprint density at radius 2 is 1.30 bits per heavy atom. The van der Waals surface area contributed by atoms with Crippen LogP contribution in [0.3, 0.4) is 0 Å². The number of alkyl halides is 5. The van der Waals surface area contributed by atoms with Gasteiger partial charge in [0, 0.05) is 10.8 Å². The van der Waals surface area contributed by atoms with Crippen molar-refractivity contribution in [2.45, 2.75) is 115 Å². The van der Waals surface area contributed by atoms with Gasteiger partial charge in [-0.3, -0.25) is 9.59 Å². The number of nitrogens with one attached hydrogen (secondary N) is 6. The molecule has 0 fully saturated rings. The van der Waals surface area contributed by atoms with Gasteiger partial charge in [0.2, 0.25) is 0 Å². The standard InChI is InChI=1S/C43H73F2I2N8O6/c1-30(2)17-38(43(61)28-54-39(18-31-11-5-4-6-12-31)42(60)27-52-24-34(56)19-32(44)21-46)53-26-35(57)25-51-23-33(45)22-47-29-55-37(14-8-10-16-49)41(59)20-40(58)36(50-3)13-7-9-15-48/h4-6,11-12,30,32-33,36-39,50-55H,7-10,13-29,48-49H2,1-3H3/q-1/t32?,33?,36-,37-,38-,39-/m0/s1. The molecule has 2 unspecified atom stereocenters. The number of likely N-dealkylation sites (N-methyl/N-ethyl adjacent to an activating group) is 1. The topological polar surface area (TPSA) is 227 Å². The van der Waals surface area contributed by atoms with Crippen LogP contribution in [0.25, 0.3) is 0 Å². The zero-order chi connectivity index (χ0) is 45.4. The van der Waals surface area contributed by atoms with Gasteiger partial charge in [-0.15, -0.1) is 0 Å². The monoisotopic (exact) mass is 1090 g/mol. The summed E-state index contributed by atoms with van der Waals surface area (Å²) >= 11 is 1.23. The van der Waals surface area contributed by atoms with E-state index < -0.39 is 57.7 Å². The van der Waals surface area contributed by atoms with Gasteiger partial charge in [-0.25, -0.2) is 4.39 Å². The predicted molar refractivity (Wildman–Crippen MR) is 242 cm³/mol. The SMILES string of the molecule is CN[C@@H](CCCCN)C(=O)CC(=O)[C@H](CCCCN)NC[I-]CC(F)CNCC(=O)CN[C@@H](CC(C)C)C(=O)CN[C@@H](Cc1ccccc1)C(=O)CNCC(=O)CC(F)CI. The minimum Gasteiger partial charge on any atom is -0.303 e. The third kappa shape index (κ3) is 27.9. The van der Waals surface area contributed by atoms with Crippen LogP contribution in [0, 0.1) is 5.92 Å². The van der Waals surface area contributed by atoms with Crippen LogP contribution in [0.5, 0.6) is 0 Å². The van der Waals surface area contributed by atoms with E-state index in [9.17, 15) is 37.5 Å². The van der Waals surface area contributed by atoms with Crippen LogP contribution in [0.1, 0.15) is 77.2 Å². The number of hydrogen-bond acceptors (Lipinski definition) is 14. The number of halogens is 4. The Kier molecular flexibility index (Phi) is 33.4. The van der Waals surface area contributed by atoms with E-state index in [-0.39, 0.29) is 97.2 Å². The van der Waals surface area contributed by atoms with Crippen molar-refractivity contribution in [1.29, 1.82) is 0 Å². The Hall–Kier alpha value is -1.76. The van der Waals surface area contributed by atoms with Gasteiger partial charge in [0.1, 0.15) is 12.0 Å². The summed E-state index contributed by atoms with van der Waals surface area (Å²) in [6, 6.07) is 7.05. The summed E-state index contributed by atoms with van der Waals surface area (Å²) in [5, 5.41) is 18.1. The summed E-state index contributed by atoms with van der Waals surface area (Å²) in [6.07, 6.45) is 2.27. The van der Waals surface area contributed by atoms with Crippen LogP contribution in [-0.2, 0) is 35.2 Å². The normalized spacial score (nSPS) is 14.6. The number of ketones is 6. The molecule has 0 radical (unpaired) electrons. The summed E-state index contributed by atoms with van der Waals surface area (Å²) in [5.74, 6) is -1.20. The van der Waals surface area contributed by atoms with E-state index in [4.69, 9.17) is 11.5 Å². The third-order valence-corrected chi connectivity index (χ3v) is 13.3. The Bertz CT molecular complexity index is 1420. The summed E-state index contributed by atoms with van der Waals surface area (Å²) in [5.41, 5.74) is 12.1. The van der Waals surface area contributed by atoms with Crippen LogP contribution in [0.15, 0.2) is 30.3 Å². The molecule has 0 spiro atoms. The van der Waals surface area contributed by atoms with Crippen LogP contribution in [0.2, 0.25) is 0 Å². The smallest absolute Gasteiger partial charge is 0.303 e. The maximum atomic E-state index is 14.8. The average Bonchev–Trinajstić information content (AvgIpc) is 3.23. The van der Waals surface area contributed by atoms with Crippen LogP contribution in [-0.4, -0.2) is 144 Å². The molecule has 1 aromatic carbocycles. The molecular formula is C43H73F2I2N8O6-. The molecule has 0 saturated heterocycles. The van der Waals surface area contributed by atoms with E-state index in [0.717, 1.165) is 31.2 Å². The zero-order valence-electron chi connectivity index (χ0n) is 36.4. The quantitative estimate of drug-likeness (QED) is 0.0123. The minimum absolute atomic E-state index is 0.0126. The van der Waals surface area contributed by atoms with Gasteiger partial charge < -0.3 is 5.32 Å². The molecule has 10 N–H and O–H groups in total. The number of unbranched alkanes of at least 4 members (excludes halogenated alkanes) is 2. The minimum atomic E-state index is -1.23. The molecule has 6 atom stereocenters. The van der Waals surface area contributed by atoms with Crippen LogP contribution in [0.4, 0.5) is 8.78 Å². The van der Waals surface area contributed by atoms with E-state index in [1.807, 2.05) is 66.8 Å². The first-order valence-corrected chi connectivity index (χ1v) is 26.1. The molecule has 61 heavy (non-hydrogen) atoms. The molecule has 0 saturated carbocycles. The fourth-order valence-electron chi connectivity index (χ4n) is 6.41. The van der Waals surface area contributed by atoms with Crippen molar-refractivity contribution in [1.82, 2.24) is 31.9 Å². The predicted octanol–water partition coefficient (Wildman–Crippen LogP) is -1.47. The molecule has 0 heterocycles. The molecule has 1 aromatic rings. The number of carbonyl (C=O) groups is 6. The van der Waals surface area contributed by atoms with E-state index >= 15 is 0 Å². The molecular weight excluding hydrogens is 1020 g/mol. The van der Waals surface area contributed by atoms with Crippen molar-refractivity contribution < 1.29 is 58.8 Å². The summed E-state index contributed by atoms with van der Waals surface area (Å²) in [6.45, 7) is 4.40. The molecule has 0 amide bonds. The maximum absolute atomic E-state index is 14.8. The average molecular weight is 1090 g/mol. The van der Waals surface area contributed by atoms with Crippen molar-refractivity contribution in [3.8, 4) is 0 Å². The first kappa shape index (κ1) is 57.3. The Morgan fingerprint density at radius 1 is 0.689 bits per heavy atom. The third-order valence-electron chi connectivity index (χ3n) is 9.82. The van der Waals surface area contributed by atoms with Crippen molar-refractivity contribution in [3.05, 3.63) is 35.9 Å². The van der Waals surface area contributed by atoms with Crippen LogP contribution >= 0.6 is 22.6 Å². The Balaban J connectivity index is 2.61. The van der Waals surface area contributed by atoms with Crippen molar-refractivity contribution in [2.24, 2.45) is 17.4 Å². The van der Waals surface area contributed by atoms with Gasteiger partial charge >= 0.3 is 257 Å². The van der Waals surface area contributed by atoms with Gasteiger partial charge in [-0.2, -0.15) is 0 Å². The summed E-state index contributed by atoms with van der Waals surface area (Å²) in [7, 11) is 1.71. The molecule has 1 rings (SSSR count). The van der Waals surface area contributed by atoms with Gasteiger partial charge in [-0.05, 0) is 12.0 Å². The van der Waals surface area contributed by atoms with Gasteiger partial charge in [0.15, 0.2) is 5.78 Å². The second-order valence-corrected chi connectivity index (χ2v) is 19.3. The first-order valence-electron chi connectivity index (χ1n) is 21.5. The number of benzene rings is 1. The van der Waals surface area contributed by atoms with Gasteiger partial charge in [0.05, 0.1) is 19.1 Å². The molecule has 350 valence electrons. The molecule has 0 aliphatic heterocycles. The van der Waals surface area contributed by atoms with Crippen molar-refractivity contribution >= 4 is 57.3 Å². The fraction of sp³-hybridized carbons (Fsp3) is 0.721. The number of Topliss-reactive ketones (excluding diaryl/α,β-unsaturated/α-hetero) is 6. The number of rotatable bonds is 41. The summed E-state index contributed by atoms with van der Waals surface area (Å²) in [4.78, 5) is 77.5. The van der Waals surface area contributed by atoms with Gasteiger partial charge in [-0.1, -0.05) is 52.9 Å². The molecule has 18 heteroatoms. The molecule has 0 bridgehead atoms. The zero-order valence-corrected chi connectivity index (χ0v) is 40.7. The van der Waals surface area contributed by atoms with E-state index in [1.165, 1.54) is 0 Å². The first-order chi connectivity index (χ1) is 29.2. The van der Waals surface area contributed by atoms with Crippen molar-refractivity contribution in [3.63, 3.8) is 0 Å². The molecule has 0 aliphatic carbocycles.